The maximum absolute atomic E-state index is 14.5. The summed E-state index contributed by atoms with van der Waals surface area (Å²) in [4.78, 5) is 123. The van der Waals surface area contributed by atoms with Gasteiger partial charge < -0.3 is 68.4 Å². The number of aromatic hydroxyl groups is 1. The van der Waals surface area contributed by atoms with Gasteiger partial charge in [-0.3, -0.25) is 38.6 Å². The standard InChI is InChI=1S/C47H75N13O10/c1-9-27(5)38(44(67)56-34(22-30-23-51-25-53-30)45(68)60-20-12-14-35(60)42(65)59-39(28(6)10-2)46(69)70-8)58-41(64)33(21-29-15-17-31(61)18-16-29)55-43(66)37(26(3)4)57-40(63)32(54-36(62)24-50-7)13-11-19-52-47(48)49/h15-18,23,25-28,32-35,37-39,50,61H,9-14,19-22,24H2,1-8H3,(H,51,53)(H,54,62)(H,55,66)(H,56,67)(H,57,63)(H,58,64)(H,59,65)(H4,48,49,52)/t27-,28-,32-,33-,34-,35-,37-,38-,39-/m0/s1. The second kappa shape index (κ2) is 28.6. The minimum absolute atomic E-state index is 0.0314. The Morgan fingerprint density at radius 3 is 2.01 bits per heavy atom. The molecule has 2 aromatic rings. The molecule has 1 saturated heterocycles. The number of likely N-dealkylation sites (tertiary alicyclic amines) is 1. The van der Waals surface area contributed by atoms with E-state index < -0.39 is 101 Å². The van der Waals surface area contributed by atoms with Crippen molar-refractivity contribution >= 4 is 53.3 Å². The minimum Gasteiger partial charge on any atom is -0.508 e. The number of carbonyl (C=O) groups excluding carboxylic acids is 8. The normalized spacial score (nSPS) is 16.8. The van der Waals surface area contributed by atoms with Gasteiger partial charge in [-0.2, -0.15) is 0 Å². The van der Waals surface area contributed by atoms with Crippen LogP contribution in [0.15, 0.2) is 41.8 Å². The molecule has 0 spiro atoms. The Labute approximate surface area is 409 Å². The van der Waals surface area contributed by atoms with Crippen molar-refractivity contribution in [2.24, 2.45) is 34.2 Å². The fourth-order valence-corrected chi connectivity index (χ4v) is 7.89. The first kappa shape index (κ1) is 57.5. The number of hydrogen-bond acceptors (Lipinski definition) is 13. The lowest BCUT2D eigenvalue weighted by Crippen LogP contribution is -2.62. The Bertz CT molecular complexity index is 2080. The molecule has 0 aliphatic carbocycles. The zero-order valence-corrected chi connectivity index (χ0v) is 41.6. The number of carbonyl (C=O) groups is 8. The van der Waals surface area contributed by atoms with Crippen molar-refractivity contribution in [3.05, 3.63) is 48.0 Å². The molecule has 23 heteroatoms. The van der Waals surface area contributed by atoms with Crippen LogP contribution in [0.5, 0.6) is 5.75 Å². The number of methoxy groups -OCH3 is 1. The quantitative estimate of drug-likeness (QED) is 0.0211. The first-order valence-electron chi connectivity index (χ1n) is 23.9. The number of hydrogen-bond donors (Lipinski definition) is 11. The summed E-state index contributed by atoms with van der Waals surface area (Å²) >= 11 is 0. The molecule has 0 unspecified atom stereocenters. The molecular weight excluding hydrogens is 907 g/mol. The maximum atomic E-state index is 14.5. The highest BCUT2D eigenvalue weighted by Crippen LogP contribution is 2.22. The van der Waals surface area contributed by atoms with Crippen LogP contribution < -0.4 is 48.7 Å². The summed E-state index contributed by atoms with van der Waals surface area (Å²) in [5.41, 5.74) is 11.9. The Hall–Kier alpha value is -6.78. The summed E-state index contributed by atoms with van der Waals surface area (Å²) in [6.45, 7) is 10.9. The average molecular weight is 982 g/mol. The number of H-pyrrole nitrogens is 1. The number of benzene rings is 1. The largest absolute Gasteiger partial charge is 0.508 e. The van der Waals surface area contributed by atoms with Crippen LogP contribution in [0.3, 0.4) is 0 Å². The lowest BCUT2D eigenvalue weighted by atomic mass is 9.96. The maximum Gasteiger partial charge on any atom is 0.328 e. The molecule has 13 N–H and O–H groups in total. The molecule has 388 valence electrons. The van der Waals surface area contributed by atoms with Gasteiger partial charge in [-0.15, -0.1) is 0 Å². The number of phenolic OH excluding ortho intramolecular Hbond substituents is 1. The number of aliphatic imine (C=N–C) groups is 1. The smallest absolute Gasteiger partial charge is 0.328 e. The van der Waals surface area contributed by atoms with Crippen LogP contribution in [0.4, 0.5) is 0 Å². The number of nitrogens with one attached hydrogen (secondary N) is 8. The molecule has 2 heterocycles. The molecule has 1 aliphatic heterocycles. The van der Waals surface area contributed by atoms with Gasteiger partial charge in [-0.05, 0) is 68.2 Å². The summed E-state index contributed by atoms with van der Waals surface area (Å²) in [6.07, 6.45) is 4.99. The van der Waals surface area contributed by atoms with E-state index in [-0.39, 0.29) is 56.5 Å². The lowest BCUT2D eigenvalue weighted by molar-refractivity contribution is -0.148. The Balaban J connectivity index is 1.93. The topological polar surface area (TPSA) is 347 Å². The highest BCUT2D eigenvalue weighted by atomic mass is 16.5. The average Bonchev–Trinajstić information content (AvgIpc) is 4.05. The van der Waals surface area contributed by atoms with Gasteiger partial charge >= 0.3 is 5.97 Å². The van der Waals surface area contributed by atoms with E-state index in [0.717, 1.165) is 0 Å². The second-order valence-corrected chi connectivity index (χ2v) is 18.1. The number of ether oxygens (including phenoxy) is 1. The lowest BCUT2D eigenvalue weighted by Gasteiger charge is -2.32. The fraction of sp³-hybridized carbons (Fsp3) is 0.617. The number of phenols is 1. The first-order chi connectivity index (χ1) is 33.2. The van der Waals surface area contributed by atoms with E-state index in [1.807, 2.05) is 20.8 Å². The van der Waals surface area contributed by atoms with E-state index in [1.54, 1.807) is 40.0 Å². The van der Waals surface area contributed by atoms with E-state index in [4.69, 9.17) is 16.2 Å². The number of guanidine groups is 1. The van der Waals surface area contributed by atoms with Crippen LogP contribution in [0.25, 0.3) is 0 Å². The first-order valence-corrected chi connectivity index (χ1v) is 23.9. The number of rotatable bonds is 28. The predicted molar refractivity (Wildman–Crippen MR) is 260 cm³/mol. The third-order valence-corrected chi connectivity index (χ3v) is 12.4. The number of aromatic nitrogens is 2. The summed E-state index contributed by atoms with van der Waals surface area (Å²) < 4.78 is 4.95. The molecule has 1 aromatic carbocycles. The number of likely N-dealkylation sites (N-methyl/N-ethyl adjacent to an activating group) is 1. The summed E-state index contributed by atoms with van der Waals surface area (Å²) in [7, 11) is 2.81. The molecular formula is C47H75N13O10. The molecule has 1 aliphatic rings. The van der Waals surface area contributed by atoms with Gasteiger partial charge in [0.15, 0.2) is 5.96 Å². The van der Waals surface area contributed by atoms with Crippen LogP contribution in [0, 0.1) is 17.8 Å². The van der Waals surface area contributed by atoms with Gasteiger partial charge in [-0.25, -0.2) is 9.78 Å². The van der Waals surface area contributed by atoms with Crippen LogP contribution in [-0.2, 0) is 55.9 Å². The highest BCUT2D eigenvalue weighted by Gasteiger charge is 2.41. The number of imidazole rings is 1. The predicted octanol–water partition coefficient (Wildman–Crippen LogP) is -1.01. The molecule has 1 fully saturated rings. The molecule has 0 radical (unpaired) electrons. The Kier molecular flexibility index (Phi) is 23.5. The van der Waals surface area contributed by atoms with Crippen molar-refractivity contribution in [1.29, 1.82) is 0 Å². The van der Waals surface area contributed by atoms with E-state index >= 15 is 0 Å². The zero-order chi connectivity index (χ0) is 52.1. The number of esters is 1. The van der Waals surface area contributed by atoms with Crippen LogP contribution in [-0.4, -0.2) is 149 Å². The Morgan fingerprint density at radius 2 is 1.43 bits per heavy atom. The van der Waals surface area contributed by atoms with Crippen molar-refractivity contribution < 1.29 is 48.2 Å². The number of aromatic amines is 1. The van der Waals surface area contributed by atoms with E-state index in [9.17, 15) is 43.5 Å². The third-order valence-electron chi connectivity index (χ3n) is 12.4. The molecule has 23 nitrogen and oxygen atoms in total. The summed E-state index contributed by atoms with van der Waals surface area (Å²) in [5, 5.41) is 29.3. The zero-order valence-electron chi connectivity index (χ0n) is 41.6. The van der Waals surface area contributed by atoms with Crippen LogP contribution >= 0.6 is 0 Å². The molecule has 3 rings (SSSR count). The molecule has 7 amide bonds. The van der Waals surface area contributed by atoms with E-state index in [0.29, 0.717) is 43.4 Å². The fourth-order valence-electron chi connectivity index (χ4n) is 7.89. The number of amides is 7. The van der Waals surface area contributed by atoms with Gasteiger partial charge in [0.1, 0.15) is 48.0 Å². The van der Waals surface area contributed by atoms with Gasteiger partial charge in [-0.1, -0.05) is 66.5 Å². The SMILES string of the molecule is CC[C@H](C)[C@H](NC(=O)[C@H](Cc1ccc(O)cc1)NC(=O)[C@@H](NC(=O)[C@H](CCCN=C(N)N)NC(=O)CNC)C(C)C)C(=O)N[C@@H](Cc1cnc[nH]1)C(=O)N1CCC[C@H]1C(=O)N[C@H](C(=O)OC)[C@@H](C)CC. The highest BCUT2D eigenvalue weighted by molar-refractivity contribution is 5.98. The molecule has 9 atom stereocenters. The number of nitrogens with zero attached hydrogens (tertiary/aromatic N) is 3. The van der Waals surface area contributed by atoms with Crippen LogP contribution in [0.2, 0.25) is 0 Å². The number of nitrogens with two attached hydrogens (primary N) is 2. The van der Waals surface area contributed by atoms with Crippen molar-refractivity contribution in [2.45, 2.75) is 135 Å². The van der Waals surface area contributed by atoms with Gasteiger partial charge in [0.2, 0.25) is 41.4 Å². The van der Waals surface area contributed by atoms with E-state index in [1.165, 1.54) is 36.7 Å². The third kappa shape index (κ3) is 17.6. The summed E-state index contributed by atoms with van der Waals surface area (Å²) in [6, 6.07) is -2.00. The minimum atomic E-state index is -1.34. The molecule has 0 bridgehead atoms. The molecule has 1 aromatic heterocycles. The van der Waals surface area contributed by atoms with Gasteiger partial charge in [0, 0.05) is 37.8 Å². The monoisotopic (exact) mass is 982 g/mol. The van der Waals surface area contributed by atoms with Crippen molar-refractivity contribution in [3.8, 4) is 5.75 Å². The van der Waals surface area contributed by atoms with Gasteiger partial charge in [0.25, 0.3) is 0 Å². The Morgan fingerprint density at radius 1 is 0.814 bits per heavy atom. The second-order valence-electron chi connectivity index (χ2n) is 18.1. The van der Waals surface area contributed by atoms with Crippen molar-refractivity contribution in [2.75, 3.05) is 33.8 Å². The van der Waals surface area contributed by atoms with Gasteiger partial charge in [0.05, 0.1) is 20.0 Å². The van der Waals surface area contributed by atoms with Crippen molar-refractivity contribution in [1.82, 2.24) is 52.1 Å². The van der Waals surface area contributed by atoms with Crippen molar-refractivity contribution in [3.63, 3.8) is 0 Å². The molecule has 70 heavy (non-hydrogen) atoms. The summed E-state index contributed by atoms with van der Waals surface area (Å²) in [5.74, 6) is -6.49. The van der Waals surface area contributed by atoms with E-state index in [2.05, 4.69) is 52.2 Å². The molecule has 0 saturated carbocycles. The van der Waals surface area contributed by atoms with Crippen LogP contribution in [0.1, 0.15) is 91.3 Å².